The molecule has 1 rings (SSSR count). The summed E-state index contributed by atoms with van der Waals surface area (Å²) >= 11 is 0. The van der Waals surface area contributed by atoms with Gasteiger partial charge in [0.1, 0.15) is 0 Å². The summed E-state index contributed by atoms with van der Waals surface area (Å²) in [5.74, 6) is -3.84. The molecule has 1 heterocycles. The number of carboxylic acids is 2. The van der Waals surface area contributed by atoms with Crippen molar-refractivity contribution in [3.05, 3.63) is 0 Å². The second kappa shape index (κ2) is 7.84. The zero-order chi connectivity index (χ0) is 12.5. The van der Waals surface area contributed by atoms with Gasteiger partial charge in [0.15, 0.2) is 0 Å². The van der Waals surface area contributed by atoms with E-state index >= 15 is 0 Å². The third kappa shape index (κ3) is 3.69. The molecule has 94 valence electrons. The Morgan fingerprint density at radius 3 is 2.00 bits per heavy atom. The fraction of sp³-hybridized carbons (Fsp3) is 0.667. The van der Waals surface area contributed by atoms with Gasteiger partial charge in [0.2, 0.25) is 11.4 Å². The molecule has 0 unspecified atom stereocenters. The van der Waals surface area contributed by atoms with E-state index in [4.69, 9.17) is 10.2 Å². The summed E-state index contributed by atoms with van der Waals surface area (Å²) in [7, 11) is 0. The number of likely N-dealkylation sites (tertiary alicyclic amines) is 1. The number of aliphatic carboxylic acids is 2. The van der Waals surface area contributed by atoms with Gasteiger partial charge in [-0.05, 0) is 12.8 Å². The fourth-order valence-corrected chi connectivity index (χ4v) is 1.90. The van der Waals surface area contributed by atoms with Crippen LogP contribution < -0.4 is 59.1 Å². The molecule has 1 aliphatic rings. The molecular formula is C9H15NNa2O6. The number of aliphatic hydroxyl groups is 1. The largest absolute Gasteiger partial charge is 1.00 e. The molecule has 1 fully saturated rings. The number of hydrogen-bond donors (Lipinski definition) is 3. The Morgan fingerprint density at radius 2 is 1.67 bits per heavy atom. The van der Waals surface area contributed by atoms with E-state index in [9.17, 15) is 19.5 Å². The van der Waals surface area contributed by atoms with Crippen molar-refractivity contribution >= 4 is 17.8 Å². The third-order valence-electron chi connectivity index (χ3n) is 2.78. The van der Waals surface area contributed by atoms with Crippen LogP contribution >= 0.6 is 0 Å². The molecule has 0 spiro atoms. The minimum Gasteiger partial charge on any atom is -1.00 e. The summed E-state index contributed by atoms with van der Waals surface area (Å²) in [6, 6.07) is 0. The Kier molecular flexibility index (Phi) is 9.01. The van der Waals surface area contributed by atoms with Gasteiger partial charge in [-0.2, -0.15) is 0 Å². The Bertz CT molecular complexity index is 343. The SMILES string of the molecule is CC(=O)N1C[C@@H](O)CCC1(C(=O)O)C(=O)O.[H-].[H-].[Na+].[Na+]. The first-order valence-corrected chi connectivity index (χ1v) is 4.75. The zero-order valence-electron chi connectivity index (χ0n) is 12.7. The number of piperidine rings is 1. The van der Waals surface area contributed by atoms with E-state index in [0.717, 1.165) is 6.92 Å². The Morgan fingerprint density at radius 1 is 1.22 bits per heavy atom. The van der Waals surface area contributed by atoms with E-state index in [0.29, 0.717) is 4.90 Å². The molecule has 3 N–H and O–H groups in total. The molecule has 0 aromatic carbocycles. The van der Waals surface area contributed by atoms with E-state index in [1.54, 1.807) is 0 Å². The van der Waals surface area contributed by atoms with Crippen LogP contribution in [0.3, 0.4) is 0 Å². The number of carbonyl (C=O) groups excluding carboxylic acids is 1. The molecule has 0 radical (unpaired) electrons. The maximum Gasteiger partial charge on any atom is 1.00 e. The van der Waals surface area contributed by atoms with Crippen LogP contribution in [0.25, 0.3) is 0 Å². The molecule has 1 atom stereocenters. The van der Waals surface area contributed by atoms with Crippen LogP contribution in [0, 0.1) is 0 Å². The summed E-state index contributed by atoms with van der Waals surface area (Å²) in [6.07, 6.45) is -1.13. The maximum absolute atomic E-state index is 11.3. The number of β-amino-alcohol motifs (C(OH)–C–C–N with tert-alkyl or cyclic N) is 1. The van der Waals surface area contributed by atoms with Crippen LogP contribution in [0.2, 0.25) is 0 Å². The van der Waals surface area contributed by atoms with E-state index in [2.05, 4.69) is 0 Å². The first-order chi connectivity index (χ1) is 7.32. The zero-order valence-corrected chi connectivity index (χ0v) is 14.7. The first kappa shape index (κ1) is 20.7. The number of amides is 1. The predicted molar refractivity (Wildman–Crippen MR) is 52.9 cm³/mol. The summed E-state index contributed by atoms with van der Waals surface area (Å²) < 4.78 is 0. The standard InChI is InChI=1S/C9H13NO6.2Na.2H/c1-5(11)10-4-6(12)2-3-9(10,7(13)14)8(15)16;;;;/h6,12H,2-4H2,1H3,(H,13,14)(H,15,16);;;;/q;2*+1;2*-1/t6-;;;;/m0..../s1. The van der Waals surface area contributed by atoms with Crippen molar-refractivity contribution in [1.82, 2.24) is 4.90 Å². The van der Waals surface area contributed by atoms with Crippen molar-refractivity contribution < 1.29 is 91.7 Å². The van der Waals surface area contributed by atoms with Crippen LogP contribution in [0.4, 0.5) is 0 Å². The minimum atomic E-state index is -2.24. The van der Waals surface area contributed by atoms with Crippen molar-refractivity contribution in [2.24, 2.45) is 0 Å². The van der Waals surface area contributed by atoms with E-state index in [1.807, 2.05) is 0 Å². The number of carboxylic acid groups (broad SMARTS) is 2. The summed E-state index contributed by atoms with van der Waals surface area (Å²) in [4.78, 5) is 34.1. The predicted octanol–water partition coefficient (Wildman–Crippen LogP) is -6.87. The molecule has 18 heavy (non-hydrogen) atoms. The van der Waals surface area contributed by atoms with Crippen molar-refractivity contribution in [3.63, 3.8) is 0 Å². The summed E-state index contributed by atoms with van der Waals surface area (Å²) in [5.41, 5.74) is -2.24. The molecule has 0 saturated carbocycles. The Labute approximate surface area is 151 Å². The van der Waals surface area contributed by atoms with Crippen LogP contribution in [-0.2, 0) is 14.4 Å². The third-order valence-corrected chi connectivity index (χ3v) is 2.78. The Hall–Kier alpha value is 0.370. The first-order valence-electron chi connectivity index (χ1n) is 4.75. The van der Waals surface area contributed by atoms with Gasteiger partial charge in [-0.15, -0.1) is 0 Å². The fourth-order valence-electron chi connectivity index (χ4n) is 1.90. The van der Waals surface area contributed by atoms with Crippen molar-refractivity contribution in [3.8, 4) is 0 Å². The van der Waals surface area contributed by atoms with Gasteiger partial charge in [0, 0.05) is 13.5 Å². The molecule has 1 saturated heterocycles. The van der Waals surface area contributed by atoms with Gasteiger partial charge in [-0.25, -0.2) is 9.59 Å². The summed E-state index contributed by atoms with van der Waals surface area (Å²) in [5, 5.41) is 27.4. The van der Waals surface area contributed by atoms with Gasteiger partial charge in [0.05, 0.1) is 6.10 Å². The Balaban J connectivity index is -0.000000320. The van der Waals surface area contributed by atoms with E-state index in [-0.39, 0.29) is 81.4 Å². The maximum atomic E-state index is 11.3. The van der Waals surface area contributed by atoms with Gasteiger partial charge >= 0.3 is 71.1 Å². The van der Waals surface area contributed by atoms with E-state index in [1.165, 1.54) is 0 Å². The molecule has 7 nitrogen and oxygen atoms in total. The van der Waals surface area contributed by atoms with Gasteiger partial charge in [-0.1, -0.05) is 0 Å². The van der Waals surface area contributed by atoms with Crippen molar-refractivity contribution in [2.45, 2.75) is 31.4 Å². The number of rotatable bonds is 2. The van der Waals surface area contributed by atoms with E-state index < -0.39 is 29.5 Å². The van der Waals surface area contributed by atoms with Gasteiger partial charge in [-0.3, -0.25) is 4.79 Å². The molecular weight excluding hydrogens is 264 g/mol. The normalized spacial score (nSPS) is 21.2. The van der Waals surface area contributed by atoms with Crippen LogP contribution in [0.1, 0.15) is 22.6 Å². The molecule has 0 aliphatic carbocycles. The van der Waals surface area contributed by atoms with Crippen LogP contribution in [0.5, 0.6) is 0 Å². The number of aliphatic hydroxyl groups excluding tert-OH is 1. The molecule has 0 bridgehead atoms. The number of carbonyl (C=O) groups is 3. The van der Waals surface area contributed by atoms with Gasteiger partial charge < -0.3 is 23.1 Å². The quantitative estimate of drug-likeness (QED) is 0.342. The number of hydrogen-bond acceptors (Lipinski definition) is 4. The smallest absolute Gasteiger partial charge is 1.00 e. The monoisotopic (exact) mass is 279 g/mol. The summed E-state index contributed by atoms with van der Waals surface area (Å²) in [6.45, 7) is 0.812. The minimum absolute atomic E-state index is 0. The average molecular weight is 279 g/mol. The average Bonchev–Trinajstić information content (AvgIpc) is 2.16. The van der Waals surface area contributed by atoms with Crippen molar-refractivity contribution in [2.75, 3.05) is 6.54 Å². The van der Waals surface area contributed by atoms with Gasteiger partial charge in [0.25, 0.3) is 0 Å². The molecule has 0 aromatic rings. The topological polar surface area (TPSA) is 115 Å². The molecule has 0 aromatic heterocycles. The second-order valence-corrected chi connectivity index (χ2v) is 3.79. The second-order valence-electron chi connectivity index (χ2n) is 3.79. The van der Waals surface area contributed by atoms with Crippen molar-refractivity contribution in [1.29, 1.82) is 0 Å². The molecule has 1 amide bonds. The number of nitrogens with zero attached hydrogens (tertiary/aromatic N) is 1. The van der Waals surface area contributed by atoms with Crippen LogP contribution in [-0.4, -0.2) is 56.3 Å². The van der Waals surface area contributed by atoms with Crippen LogP contribution in [0.15, 0.2) is 0 Å². The molecule has 1 aliphatic heterocycles. The molecule has 9 heteroatoms.